The van der Waals surface area contributed by atoms with E-state index in [2.05, 4.69) is 15.3 Å². The fraction of sp³-hybridized carbons (Fsp3) is 0.357. The first kappa shape index (κ1) is 14.2. The quantitative estimate of drug-likeness (QED) is 0.771. The molecule has 6 heteroatoms. The van der Waals surface area contributed by atoms with E-state index in [4.69, 9.17) is 5.11 Å². The third-order valence-corrected chi connectivity index (χ3v) is 2.96. The minimum absolute atomic E-state index is 0.0484. The first-order chi connectivity index (χ1) is 9.47. The number of nitrogens with one attached hydrogen (secondary N) is 1. The highest BCUT2D eigenvalue weighted by Gasteiger charge is 2.11. The van der Waals surface area contributed by atoms with Crippen molar-refractivity contribution < 1.29 is 15.0 Å². The van der Waals surface area contributed by atoms with E-state index in [1.165, 1.54) is 18.5 Å². The molecule has 0 radical (unpaired) electrons. The molecule has 2 atom stereocenters. The molecule has 0 saturated carbocycles. The molecule has 1 heterocycles. The summed E-state index contributed by atoms with van der Waals surface area (Å²) in [6.07, 6.45) is 1.59. The number of aliphatic hydroxyl groups excluding tert-OH is 1. The Morgan fingerprint density at radius 2 is 2.10 bits per heavy atom. The predicted molar refractivity (Wildman–Crippen MR) is 75.9 cm³/mol. The second-order valence-corrected chi connectivity index (χ2v) is 4.89. The molecule has 0 fully saturated rings. The molecule has 106 valence electrons. The minimum Gasteiger partial charge on any atom is -0.478 e. The second kappa shape index (κ2) is 5.83. The van der Waals surface area contributed by atoms with Crippen LogP contribution in [0.2, 0.25) is 0 Å². The van der Waals surface area contributed by atoms with Gasteiger partial charge in [0.15, 0.2) is 0 Å². The van der Waals surface area contributed by atoms with E-state index in [0.29, 0.717) is 17.8 Å². The Balaban J connectivity index is 2.32. The van der Waals surface area contributed by atoms with Gasteiger partial charge in [-0.15, -0.1) is 0 Å². The highest BCUT2D eigenvalue weighted by Crippen LogP contribution is 2.21. The molecular weight excluding hydrogens is 258 g/mol. The Kier molecular flexibility index (Phi) is 4.14. The SMILES string of the molecule is CC(O)CC(C)Nc1ncnc2cc(C(=O)O)ccc12. The lowest BCUT2D eigenvalue weighted by molar-refractivity contribution is 0.0697. The van der Waals surface area contributed by atoms with Crippen LogP contribution in [0.4, 0.5) is 5.82 Å². The van der Waals surface area contributed by atoms with Crippen LogP contribution in [0.1, 0.15) is 30.6 Å². The van der Waals surface area contributed by atoms with Gasteiger partial charge in [0.1, 0.15) is 12.1 Å². The maximum atomic E-state index is 10.9. The van der Waals surface area contributed by atoms with E-state index in [1.54, 1.807) is 13.0 Å². The summed E-state index contributed by atoms with van der Waals surface area (Å²) in [5.74, 6) is -0.345. The van der Waals surface area contributed by atoms with Gasteiger partial charge in [0.2, 0.25) is 0 Å². The summed E-state index contributed by atoms with van der Waals surface area (Å²) in [5, 5.41) is 22.3. The number of hydrogen-bond donors (Lipinski definition) is 3. The first-order valence-corrected chi connectivity index (χ1v) is 6.40. The normalized spacial score (nSPS) is 13.9. The van der Waals surface area contributed by atoms with Gasteiger partial charge in [0.05, 0.1) is 17.2 Å². The smallest absolute Gasteiger partial charge is 0.335 e. The van der Waals surface area contributed by atoms with E-state index in [9.17, 15) is 9.90 Å². The van der Waals surface area contributed by atoms with Gasteiger partial charge in [-0.1, -0.05) is 0 Å². The van der Waals surface area contributed by atoms with Gasteiger partial charge in [-0.25, -0.2) is 14.8 Å². The van der Waals surface area contributed by atoms with Crippen LogP contribution in [0, 0.1) is 0 Å². The number of carbonyl (C=O) groups is 1. The Labute approximate surface area is 116 Å². The number of benzene rings is 1. The van der Waals surface area contributed by atoms with E-state index in [1.807, 2.05) is 6.92 Å². The summed E-state index contributed by atoms with van der Waals surface area (Å²) >= 11 is 0. The lowest BCUT2D eigenvalue weighted by Gasteiger charge is -2.17. The van der Waals surface area contributed by atoms with Gasteiger partial charge in [-0.3, -0.25) is 0 Å². The molecule has 0 bridgehead atoms. The number of aromatic nitrogens is 2. The second-order valence-electron chi connectivity index (χ2n) is 4.89. The van der Waals surface area contributed by atoms with Crippen LogP contribution in [-0.4, -0.2) is 38.3 Å². The number of rotatable bonds is 5. The third-order valence-electron chi connectivity index (χ3n) is 2.96. The van der Waals surface area contributed by atoms with Gasteiger partial charge in [0, 0.05) is 11.4 Å². The number of carboxylic acids is 1. The summed E-state index contributed by atoms with van der Waals surface area (Å²) in [6.45, 7) is 3.68. The van der Waals surface area contributed by atoms with Crippen molar-refractivity contribution in [2.24, 2.45) is 0 Å². The number of aliphatic hydroxyl groups is 1. The fourth-order valence-corrected chi connectivity index (χ4v) is 2.11. The highest BCUT2D eigenvalue weighted by atomic mass is 16.4. The maximum Gasteiger partial charge on any atom is 0.335 e. The van der Waals surface area contributed by atoms with Gasteiger partial charge < -0.3 is 15.5 Å². The average molecular weight is 275 g/mol. The molecule has 3 N–H and O–H groups in total. The zero-order valence-electron chi connectivity index (χ0n) is 11.4. The van der Waals surface area contributed by atoms with E-state index in [-0.39, 0.29) is 11.6 Å². The summed E-state index contributed by atoms with van der Waals surface area (Å²) in [6, 6.07) is 4.78. The summed E-state index contributed by atoms with van der Waals surface area (Å²) in [4.78, 5) is 19.2. The predicted octanol–water partition coefficient (Wildman–Crippen LogP) is 1.90. The van der Waals surface area contributed by atoms with Crippen molar-refractivity contribution in [1.82, 2.24) is 9.97 Å². The highest BCUT2D eigenvalue weighted by molar-refractivity contribution is 5.96. The molecule has 0 aliphatic heterocycles. The topological polar surface area (TPSA) is 95.3 Å². The van der Waals surface area contributed by atoms with Crippen molar-refractivity contribution in [2.45, 2.75) is 32.4 Å². The van der Waals surface area contributed by atoms with Gasteiger partial charge >= 0.3 is 5.97 Å². The Hall–Kier alpha value is -2.21. The van der Waals surface area contributed by atoms with Crippen LogP contribution in [0.25, 0.3) is 10.9 Å². The molecule has 0 spiro atoms. The molecule has 2 unspecified atom stereocenters. The van der Waals surface area contributed by atoms with Crippen molar-refractivity contribution in [2.75, 3.05) is 5.32 Å². The monoisotopic (exact) mass is 275 g/mol. The molecule has 20 heavy (non-hydrogen) atoms. The standard InChI is InChI=1S/C14H17N3O3/c1-8(5-9(2)18)17-13-11-4-3-10(14(19)20)6-12(11)15-7-16-13/h3-4,6-9,18H,5H2,1-2H3,(H,19,20)(H,15,16,17). The Bertz CT molecular complexity index is 628. The van der Waals surface area contributed by atoms with Crippen LogP contribution in [0.3, 0.4) is 0 Å². The third kappa shape index (κ3) is 3.21. The van der Waals surface area contributed by atoms with E-state index >= 15 is 0 Å². The van der Waals surface area contributed by atoms with Gasteiger partial charge in [-0.2, -0.15) is 0 Å². The molecule has 0 saturated heterocycles. The zero-order valence-corrected chi connectivity index (χ0v) is 11.4. The summed E-state index contributed by atoms with van der Waals surface area (Å²) < 4.78 is 0. The molecule has 0 aliphatic rings. The van der Waals surface area contributed by atoms with Gasteiger partial charge in [0.25, 0.3) is 0 Å². The van der Waals surface area contributed by atoms with Crippen LogP contribution >= 0.6 is 0 Å². The summed E-state index contributed by atoms with van der Waals surface area (Å²) in [7, 11) is 0. The number of anilines is 1. The van der Waals surface area contributed by atoms with E-state index in [0.717, 1.165) is 5.39 Å². The molecular formula is C14H17N3O3. The summed E-state index contributed by atoms with van der Waals surface area (Å²) in [5.41, 5.74) is 0.769. The van der Waals surface area contributed by atoms with Crippen LogP contribution in [0.5, 0.6) is 0 Å². The average Bonchev–Trinajstić information content (AvgIpc) is 2.37. The number of nitrogens with zero attached hydrogens (tertiary/aromatic N) is 2. The molecule has 1 aromatic heterocycles. The van der Waals surface area contributed by atoms with Crippen LogP contribution < -0.4 is 5.32 Å². The van der Waals surface area contributed by atoms with Crippen molar-refractivity contribution in [3.05, 3.63) is 30.1 Å². The minimum atomic E-state index is -0.984. The lowest BCUT2D eigenvalue weighted by Crippen LogP contribution is -2.21. The number of carboxylic acid groups (broad SMARTS) is 1. The molecule has 0 aliphatic carbocycles. The molecule has 2 aromatic rings. The largest absolute Gasteiger partial charge is 0.478 e. The van der Waals surface area contributed by atoms with E-state index < -0.39 is 12.1 Å². The lowest BCUT2D eigenvalue weighted by atomic mass is 10.1. The molecule has 0 amide bonds. The Morgan fingerprint density at radius 1 is 1.35 bits per heavy atom. The number of aromatic carboxylic acids is 1. The van der Waals surface area contributed by atoms with Crippen LogP contribution in [-0.2, 0) is 0 Å². The van der Waals surface area contributed by atoms with Crippen LogP contribution in [0.15, 0.2) is 24.5 Å². The van der Waals surface area contributed by atoms with Gasteiger partial charge in [-0.05, 0) is 38.5 Å². The Morgan fingerprint density at radius 3 is 2.75 bits per heavy atom. The maximum absolute atomic E-state index is 10.9. The first-order valence-electron chi connectivity index (χ1n) is 6.40. The number of hydrogen-bond acceptors (Lipinski definition) is 5. The molecule has 6 nitrogen and oxygen atoms in total. The van der Waals surface area contributed by atoms with Crippen molar-refractivity contribution in [3.63, 3.8) is 0 Å². The fourth-order valence-electron chi connectivity index (χ4n) is 2.11. The number of fused-ring (bicyclic) bond motifs is 1. The zero-order chi connectivity index (χ0) is 14.7. The van der Waals surface area contributed by atoms with Crippen molar-refractivity contribution >= 4 is 22.7 Å². The molecule has 1 aromatic carbocycles. The van der Waals surface area contributed by atoms with Crippen molar-refractivity contribution in [1.29, 1.82) is 0 Å². The molecule has 2 rings (SSSR count). The van der Waals surface area contributed by atoms with Crippen molar-refractivity contribution in [3.8, 4) is 0 Å².